The lowest BCUT2D eigenvalue weighted by Gasteiger charge is -2.32. The predicted octanol–water partition coefficient (Wildman–Crippen LogP) is 3.86. The van der Waals surface area contributed by atoms with Gasteiger partial charge in [0, 0.05) is 17.8 Å². The van der Waals surface area contributed by atoms with Gasteiger partial charge in [-0.1, -0.05) is 23.4 Å². The SMILES string of the molecule is NC(=CC(=NCc1ccccc1F)c1ccon1)c1nccc(NCC(O)(C(F)(F)F)C(F)(F)F)n1. The fourth-order valence-electron chi connectivity index (χ4n) is 2.73. The van der Waals surface area contributed by atoms with E-state index in [1.807, 2.05) is 0 Å². The molecule has 0 spiro atoms. The summed E-state index contributed by atoms with van der Waals surface area (Å²) in [7, 11) is 0. The summed E-state index contributed by atoms with van der Waals surface area (Å²) in [6.45, 7) is -2.08. The van der Waals surface area contributed by atoms with Crippen molar-refractivity contribution in [2.75, 3.05) is 11.9 Å². The predicted molar refractivity (Wildman–Crippen MR) is 113 cm³/mol. The number of benzene rings is 1. The molecule has 4 N–H and O–H groups in total. The molecule has 2 aromatic heterocycles. The maximum atomic E-state index is 13.9. The Bertz CT molecular complexity index is 1230. The Morgan fingerprint density at radius 3 is 2.39 bits per heavy atom. The minimum Gasteiger partial charge on any atom is -0.396 e. The number of nitrogens with zero attached hydrogens (tertiary/aromatic N) is 4. The van der Waals surface area contributed by atoms with Crippen LogP contribution in [0.25, 0.3) is 5.70 Å². The number of hydrogen-bond acceptors (Lipinski definition) is 8. The van der Waals surface area contributed by atoms with Gasteiger partial charge in [-0.25, -0.2) is 14.4 Å². The Hall–Kier alpha value is -4.01. The van der Waals surface area contributed by atoms with E-state index in [0.29, 0.717) is 0 Å². The standard InChI is InChI=1S/C21H17F7N6O2/c22-13-4-2-1-3-12(13)10-31-16(15-6-8-36-34-15)9-14(29)18-30-7-5-17(33-18)32-11-19(35,20(23,24)25)21(26,27)28/h1-9,35H,10-11,29H2,(H,30,32,33). The van der Waals surface area contributed by atoms with Crippen molar-refractivity contribution in [3.63, 3.8) is 0 Å². The number of anilines is 1. The number of nitrogens with one attached hydrogen (secondary N) is 1. The summed E-state index contributed by atoms with van der Waals surface area (Å²) in [5.41, 5.74) is 1.32. The molecule has 0 saturated heterocycles. The second kappa shape index (κ2) is 10.3. The van der Waals surface area contributed by atoms with Crippen LogP contribution in [0.15, 0.2) is 64.4 Å². The van der Waals surface area contributed by atoms with Crippen LogP contribution in [0, 0.1) is 5.82 Å². The number of hydrogen-bond donors (Lipinski definition) is 3. The summed E-state index contributed by atoms with van der Waals surface area (Å²) in [6.07, 6.45) is -8.53. The molecule has 0 amide bonds. The first-order chi connectivity index (χ1) is 16.8. The molecule has 3 aromatic rings. The molecule has 0 bridgehead atoms. The van der Waals surface area contributed by atoms with Crippen LogP contribution in [0.4, 0.5) is 36.6 Å². The van der Waals surface area contributed by atoms with E-state index in [4.69, 9.17) is 10.3 Å². The van der Waals surface area contributed by atoms with Gasteiger partial charge < -0.3 is 20.7 Å². The van der Waals surface area contributed by atoms with E-state index in [1.165, 1.54) is 36.6 Å². The maximum Gasteiger partial charge on any atom is 0.428 e. The zero-order chi connectivity index (χ0) is 26.6. The van der Waals surface area contributed by atoms with Crippen molar-refractivity contribution in [2.24, 2.45) is 10.7 Å². The van der Waals surface area contributed by atoms with E-state index < -0.39 is 36.1 Å². The van der Waals surface area contributed by atoms with Crippen LogP contribution in [0.3, 0.4) is 0 Å². The molecule has 8 nitrogen and oxygen atoms in total. The summed E-state index contributed by atoms with van der Waals surface area (Å²) in [4.78, 5) is 11.9. The molecule has 192 valence electrons. The molecule has 36 heavy (non-hydrogen) atoms. The molecule has 15 heteroatoms. The van der Waals surface area contributed by atoms with Gasteiger partial charge in [0.25, 0.3) is 5.60 Å². The maximum absolute atomic E-state index is 13.9. The second-order valence-corrected chi connectivity index (χ2v) is 7.25. The first-order valence-corrected chi connectivity index (χ1v) is 9.91. The number of aromatic nitrogens is 3. The van der Waals surface area contributed by atoms with Crippen LogP contribution in [0.5, 0.6) is 0 Å². The topological polar surface area (TPSA) is 122 Å². The smallest absolute Gasteiger partial charge is 0.396 e. The Labute approximate surface area is 198 Å². The van der Waals surface area contributed by atoms with Crippen LogP contribution in [0.1, 0.15) is 17.1 Å². The number of halogens is 7. The van der Waals surface area contributed by atoms with E-state index in [9.17, 15) is 35.8 Å². The first kappa shape index (κ1) is 26.6. The van der Waals surface area contributed by atoms with Crippen LogP contribution >= 0.6 is 0 Å². The third kappa shape index (κ3) is 5.97. The zero-order valence-electron chi connectivity index (χ0n) is 18.0. The number of allylic oxidation sites excluding steroid dienone is 1. The monoisotopic (exact) mass is 518 g/mol. The molecular weight excluding hydrogens is 501 g/mol. The van der Waals surface area contributed by atoms with Gasteiger partial charge in [-0.05, 0) is 18.2 Å². The molecule has 0 saturated carbocycles. The molecule has 1 aromatic carbocycles. The van der Waals surface area contributed by atoms with Gasteiger partial charge in [0.2, 0.25) is 0 Å². The molecule has 0 aliphatic heterocycles. The van der Waals surface area contributed by atoms with Crippen molar-refractivity contribution in [1.82, 2.24) is 15.1 Å². The number of aliphatic imine (C=N–C) groups is 1. The van der Waals surface area contributed by atoms with Crippen molar-refractivity contribution < 1.29 is 40.4 Å². The van der Waals surface area contributed by atoms with Gasteiger partial charge in [0.15, 0.2) is 5.82 Å². The second-order valence-electron chi connectivity index (χ2n) is 7.25. The fraction of sp³-hybridized carbons (Fsp3) is 0.238. The molecule has 0 atom stereocenters. The lowest BCUT2D eigenvalue weighted by molar-refractivity contribution is -0.362. The van der Waals surface area contributed by atoms with Crippen molar-refractivity contribution >= 4 is 17.2 Å². The van der Waals surface area contributed by atoms with Gasteiger partial charge in [0.1, 0.15) is 23.6 Å². The van der Waals surface area contributed by atoms with Crippen LogP contribution in [-0.4, -0.2) is 50.4 Å². The highest BCUT2D eigenvalue weighted by Crippen LogP contribution is 2.43. The first-order valence-electron chi connectivity index (χ1n) is 9.91. The number of alkyl halides is 6. The summed E-state index contributed by atoms with van der Waals surface area (Å²) in [5, 5.41) is 14.8. The van der Waals surface area contributed by atoms with Gasteiger partial charge in [-0.3, -0.25) is 4.99 Å². The van der Waals surface area contributed by atoms with Gasteiger partial charge in [-0.2, -0.15) is 26.3 Å². The third-order valence-corrected chi connectivity index (χ3v) is 4.75. The Kier molecular flexibility index (Phi) is 7.62. The van der Waals surface area contributed by atoms with Crippen LogP contribution < -0.4 is 11.1 Å². The quantitative estimate of drug-likeness (QED) is 0.306. The molecule has 3 rings (SSSR count). The average Bonchev–Trinajstić information content (AvgIpc) is 3.34. The van der Waals surface area contributed by atoms with E-state index >= 15 is 0 Å². The van der Waals surface area contributed by atoms with E-state index in [-0.39, 0.29) is 35.0 Å². The minimum absolute atomic E-state index is 0.106. The number of nitrogens with two attached hydrogens (primary N) is 1. The van der Waals surface area contributed by atoms with E-state index in [1.54, 1.807) is 11.4 Å². The molecule has 2 heterocycles. The summed E-state index contributed by atoms with van der Waals surface area (Å²) in [5.74, 6) is -1.27. The highest BCUT2D eigenvalue weighted by Gasteiger charge is 2.70. The average molecular weight is 518 g/mol. The van der Waals surface area contributed by atoms with Crippen LogP contribution in [0.2, 0.25) is 0 Å². The van der Waals surface area contributed by atoms with E-state index in [2.05, 4.69) is 20.1 Å². The summed E-state index contributed by atoms with van der Waals surface area (Å²) >= 11 is 0. The largest absolute Gasteiger partial charge is 0.428 e. The highest BCUT2D eigenvalue weighted by molar-refractivity contribution is 6.10. The zero-order valence-corrected chi connectivity index (χ0v) is 18.0. The van der Waals surface area contributed by atoms with Crippen molar-refractivity contribution in [3.05, 3.63) is 77.8 Å². The van der Waals surface area contributed by atoms with Crippen molar-refractivity contribution in [1.29, 1.82) is 0 Å². The van der Waals surface area contributed by atoms with Crippen LogP contribution in [-0.2, 0) is 6.54 Å². The number of rotatable bonds is 8. The van der Waals surface area contributed by atoms with E-state index in [0.717, 1.165) is 12.3 Å². The third-order valence-electron chi connectivity index (χ3n) is 4.75. The number of aliphatic hydroxyl groups is 1. The Morgan fingerprint density at radius 1 is 1.08 bits per heavy atom. The fourth-order valence-corrected chi connectivity index (χ4v) is 2.73. The highest BCUT2D eigenvalue weighted by atomic mass is 19.4. The lowest BCUT2D eigenvalue weighted by atomic mass is 10.0. The normalized spacial score (nSPS) is 13.7. The minimum atomic E-state index is -6.01. The Morgan fingerprint density at radius 2 is 1.78 bits per heavy atom. The van der Waals surface area contributed by atoms with Crippen molar-refractivity contribution in [3.8, 4) is 0 Å². The van der Waals surface area contributed by atoms with Crippen molar-refractivity contribution in [2.45, 2.75) is 24.5 Å². The summed E-state index contributed by atoms with van der Waals surface area (Å²) < 4.78 is 96.0. The van der Waals surface area contributed by atoms with Gasteiger partial charge in [0.05, 0.1) is 24.5 Å². The molecule has 0 aliphatic rings. The van der Waals surface area contributed by atoms with Gasteiger partial charge >= 0.3 is 12.4 Å². The molecule has 0 aliphatic carbocycles. The summed E-state index contributed by atoms with van der Waals surface area (Å²) in [6, 6.07) is 8.27. The molecule has 0 radical (unpaired) electrons. The molecule has 0 unspecified atom stereocenters. The lowest BCUT2D eigenvalue weighted by Crippen LogP contribution is -2.61. The molecule has 0 fully saturated rings. The van der Waals surface area contributed by atoms with Gasteiger partial charge in [-0.15, -0.1) is 0 Å². The molecular formula is C21H17F7N6O2. The Balaban J connectivity index is 1.86.